The standard InChI is InChI=1S/C11H18N4O/c1-8(12)9-2-6-15(7-3-9)10-11(16)14-5-4-13-10/h4-5,8-9H,2-3,6-7,12H2,1H3,(H,14,16). The average molecular weight is 222 g/mol. The zero-order valence-corrected chi connectivity index (χ0v) is 9.52. The van der Waals surface area contributed by atoms with E-state index in [-0.39, 0.29) is 11.6 Å². The van der Waals surface area contributed by atoms with Crippen molar-refractivity contribution in [2.75, 3.05) is 18.0 Å². The van der Waals surface area contributed by atoms with Gasteiger partial charge in [-0.05, 0) is 25.7 Å². The number of nitrogens with two attached hydrogens (primary N) is 1. The van der Waals surface area contributed by atoms with E-state index in [1.54, 1.807) is 12.4 Å². The number of nitrogens with one attached hydrogen (secondary N) is 1. The summed E-state index contributed by atoms with van der Waals surface area (Å²) >= 11 is 0. The van der Waals surface area contributed by atoms with Crippen LogP contribution in [-0.4, -0.2) is 29.1 Å². The van der Waals surface area contributed by atoms with E-state index in [2.05, 4.69) is 9.97 Å². The Balaban J connectivity index is 2.05. The number of aromatic nitrogens is 2. The lowest BCUT2D eigenvalue weighted by Crippen LogP contribution is -2.41. The molecule has 0 saturated carbocycles. The summed E-state index contributed by atoms with van der Waals surface area (Å²) in [5.41, 5.74) is 5.77. The van der Waals surface area contributed by atoms with Gasteiger partial charge in [0.25, 0.3) is 5.56 Å². The van der Waals surface area contributed by atoms with E-state index in [4.69, 9.17) is 5.73 Å². The third kappa shape index (κ3) is 2.24. The molecule has 1 unspecified atom stereocenters. The van der Waals surface area contributed by atoms with Crippen LogP contribution in [0.2, 0.25) is 0 Å². The van der Waals surface area contributed by atoms with Gasteiger partial charge in [-0.15, -0.1) is 0 Å². The predicted molar refractivity (Wildman–Crippen MR) is 63.4 cm³/mol. The minimum Gasteiger partial charge on any atom is -0.352 e. The number of nitrogens with zero attached hydrogens (tertiary/aromatic N) is 2. The quantitative estimate of drug-likeness (QED) is 0.756. The van der Waals surface area contributed by atoms with Crippen LogP contribution in [0.4, 0.5) is 5.82 Å². The van der Waals surface area contributed by atoms with E-state index in [9.17, 15) is 4.79 Å². The minimum atomic E-state index is -0.109. The molecular weight excluding hydrogens is 204 g/mol. The molecule has 5 nitrogen and oxygen atoms in total. The van der Waals surface area contributed by atoms with E-state index in [1.807, 2.05) is 11.8 Å². The van der Waals surface area contributed by atoms with Crippen LogP contribution in [0.1, 0.15) is 19.8 Å². The fraction of sp³-hybridized carbons (Fsp3) is 0.636. The summed E-state index contributed by atoms with van der Waals surface area (Å²) in [6.07, 6.45) is 5.25. The summed E-state index contributed by atoms with van der Waals surface area (Å²) < 4.78 is 0. The largest absolute Gasteiger partial charge is 0.352 e. The van der Waals surface area contributed by atoms with Crippen LogP contribution >= 0.6 is 0 Å². The second-order valence-corrected chi connectivity index (χ2v) is 4.43. The lowest BCUT2D eigenvalue weighted by atomic mass is 9.91. The lowest BCUT2D eigenvalue weighted by molar-refractivity contribution is 0.353. The predicted octanol–water partition coefficient (Wildman–Crippen LogP) is 0.333. The van der Waals surface area contributed by atoms with Crippen molar-refractivity contribution in [2.45, 2.75) is 25.8 Å². The molecule has 3 N–H and O–H groups in total. The first kappa shape index (κ1) is 11.1. The molecule has 2 rings (SSSR count). The van der Waals surface area contributed by atoms with Gasteiger partial charge in [-0.25, -0.2) is 4.98 Å². The number of hydrogen-bond acceptors (Lipinski definition) is 4. The van der Waals surface area contributed by atoms with Gasteiger partial charge in [0, 0.05) is 31.5 Å². The molecule has 1 aliphatic rings. The van der Waals surface area contributed by atoms with Crippen LogP contribution in [0.15, 0.2) is 17.2 Å². The Bertz CT molecular complexity index is 393. The van der Waals surface area contributed by atoms with Gasteiger partial charge in [-0.1, -0.05) is 0 Å². The molecule has 1 aromatic rings. The number of hydrogen-bond donors (Lipinski definition) is 2. The lowest BCUT2D eigenvalue weighted by Gasteiger charge is -2.33. The summed E-state index contributed by atoms with van der Waals surface area (Å²) in [5, 5.41) is 0. The molecule has 5 heteroatoms. The molecular formula is C11H18N4O. The second-order valence-electron chi connectivity index (χ2n) is 4.43. The molecule has 0 spiro atoms. The summed E-state index contributed by atoms with van der Waals surface area (Å²) in [5.74, 6) is 1.10. The zero-order valence-electron chi connectivity index (χ0n) is 9.52. The van der Waals surface area contributed by atoms with Crippen molar-refractivity contribution in [2.24, 2.45) is 11.7 Å². The van der Waals surface area contributed by atoms with Crippen molar-refractivity contribution in [1.82, 2.24) is 9.97 Å². The molecule has 1 aromatic heterocycles. The maximum Gasteiger partial charge on any atom is 0.290 e. The average Bonchev–Trinajstić information content (AvgIpc) is 2.30. The number of piperidine rings is 1. The molecule has 1 saturated heterocycles. The van der Waals surface area contributed by atoms with Gasteiger partial charge in [0.2, 0.25) is 0 Å². The minimum absolute atomic E-state index is 0.109. The monoisotopic (exact) mass is 222 g/mol. The maximum absolute atomic E-state index is 11.5. The molecule has 0 radical (unpaired) electrons. The Labute approximate surface area is 94.7 Å². The highest BCUT2D eigenvalue weighted by Crippen LogP contribution is 2.21. The Morgan fingerprint density at radius 2 is 2.25 bits per heavy atom. The Kier molecular flexibility index (Phi) is 3.24. The second kappa shape index (κ2) is 4.65. The number of aromatic amines is 1. The summed E-state index contributed by atoms with van der Waals surface area (Å²) in [6.45, 7) is 3.78. The topological polar surface area (TPSA) is 75.0 Å². The van der Waals surface area contributed by atoms with Crippen molar-refractivity contribution in [1.29, 1.82) is 0 Å². The highest BCUT2D eigenvalue weighted by molar-refractivity contribution is 5.35. The van der Waals surface area contributed by atoms with Crippen LogP contribution in [0.3, 0.4) is 0 Å². The van der Waals surface area contributed by atoms with Crippen molar-refractivity contribution < 1.29 is 0 Å². The summed E-state index contributed by atoms with van der Waals surface area (Å²) in [7, 11) is 0. The highest BCUT2D eigenvalue weighted by Gasteiger charge is 2.23. The molecule has 0 aromatic carbocycles. The number of H-pyrrole nitrogens is 1. The number of anilines is 1. The molecule has 0 aliphatic carbocycles. The third-order valence-corrected chi connectivity index (χ3v) is 3.27. The van der Waals surface area contributed by atoms with Crippen molar-refractivity contribution in [3.05, 3.63) is 22.7 Å². The normalized spacial score (nSPS) is 19.8. The van der Waals surface area contributed by atoms with Gasteiger partial charge in [-0.3, -0.25) is 4.79 Å². The summed E-state index contributed by atoms with van der Waals surface area (Å²) in [6, 6.07) is 0.240. The van der Waals surface area contributed by atoms with Gasteiger partial charge in [-0.2, -0.15) is 0 Å². The van der Waals surface area contributed by atoms with E-state index in [0.29, 0.717) is 11.7 Å². The summed E-state index contributed by atoms with van der Waals surface area (Å²) in [4.78, 5) is 20.4. The number of rotatable bonds is 2. The van der Waals surface area contributed by atoms with E-state index in [0.717, 1.165) is 25.9 Å². The van der Waals surface area contributed by atoms with Gasteiger partial charge in [0.15, 0.2) is 5.82 Å². The van der Waals surface area contributed by atoms with E-state index < -0.39 is 0 Å². The molecule has 88 valence electrons. The smallest absolute Gasteiger partial charge is 0.290 e. The van der Waals surface area contributed by atoms with Crippen LogP contribution in [-0.2, 0) is 0 Å². The fourth-order valence-corrected chi connectivity index (χ4v) is 2.21. The van der Waals surface area contributed by atoms with Crippen LogP contribution < -0.4 is 16.2 Å². The zero-order chi connectivity index (χ0) is 11.5. The first-order valence-electron chi connectivity index (χ1n) is 5.72. The van der Waals surface area contributed by atoms with Crippen LogP contribution in [0.25, 0.3) is 0 Å². The highest BCUT2D eigenvalue weighted by atomic mass is 16.1. The van der Waals surface area contributed by atoms with Gasteiger partial charge in [0.05, 0.1) is 0 Å². The van der Waals surface area contributed by atoms with E-state index in [1.165, 1.54) is 0 Å². The van der Waals surface area contributed by atoms with Gasteiger partial charge in [0.1, 0.15) is 0 Å². The molecule has 0 amide bonds. The SMILES string of the molecule is CC(N)C1CCN(c2ncc[nH]c2=O)CC1. The van der Waals surface area contributed by atoms with Crippen molar-refractivity contribution in [3.63, 3.8) is 0 Å². The molecule has 1 fully saturated rings. The molecule has 0 bridgehead atoms. The molecule has 16 heavy (non-hydrogen) atoms. The first-order chi connectivity index (χ1) is 7.68. The van der Waals surface area contributed by atoms with Crippen LogP contribution in [0, 0.1) is 5.92 Å². The van der Waals surface area contributed by atoms with Crippen molar-refractivity contribution >= 4 is 5.82 Å². The Morgan fingerprint density at radius 1 is 1.56 bits per heavy atom. The Morgan fingerprint density at radius 3 is 2.81 bits per heavy atom. The van der Waals surface area contributed by atoms with Gasteiger partial charge >= 0.3 is 0 Å². The van der Waals surface area contributed by atoms with E-state index >= 15 is 0 Å². The fourth-order valence-electron chi connectivity index (χ4n) is 2.21. The molecule has 1 atom stereocenters. The molecule has 1 aliphatic heterocycles. The first-order valence-corrected chi connectivity index (χ1v) is 5.72. The third-order valence-electron chi connectivity index (χ3n) is 3.27. The maximum atomic E-state index is 11.5. The Hall–Kier alpha value is -1.36. The van der Waals surface area contributed by atoms with Crippen LogP contribution in [0.5, 0.6) is 0 Å². The van der Waals surface area contributed by atoms with Gasteiger partial charge < -0.3 is 15.6 Å². The van der Waals surface area contributed by atoms with Crippen molar-refractivity contribution in [3.8, 4) is 0 Å². The molecule has 2 heterocycles.